The summed E-state index contributed by atoms with van der Waals surface area (Å²) in [4.78, 5) is 37.8. The molecule has 1 heterocycles. The maximum atomic E-state index is 13.2. The predicted molar refractivity (Wildman–Crippen MR) is 124 cm³/mol. The van der Waals surface area contributed by atoms with Gasteiger partial charge in [0, 0.05) is 0 Å². The van der Waals surface area contributed by atoms with Crippen molar-refractivity contribution in [3.63, 3.8) is 0 Å². The highest BCUT2D eigenvalue weighted by molar-refractivity contribution is 9.10. The zero-order valence-electron chi connectivity index (χ0n) is 17.3. The van der Waals surface area contributed by atoms with Gasteiger partial charge in [-0.05, 0) is 69.7 Å². The molecule has 2 amide bonds. The Bertz CT molecular complexity index is 1170. The number of carbonyl (C=O) groups excluding carboxylic acids is 2. The monoisotopic (exact) mass is 498 g/mol. The molecule has 32 heavy (non-hydrogen) atoms. The highest BCUT2D eigenvalue weighted by atomic mass is 79.9. The van der Waals surface area contributed by atoms with E-state index in [1.165, 1.54) is 6.07 Å². The van der Waals surface area contributed by atoms with Gasteiger partial charge in [-0.25, -0.2) is 4.79 Å². The molecule has 3 aromatic rings. The highest BCUT2D eigenvalue weighted by Crippen LogP contribution is 2.29. The molecule has 0 radical (unpaired) electrons. The Balaban J connectivity index is 1.66. The van der Waals surface area contributed by atoms with Gasteiger partial charge >= 0.3 is 5.97 Å². The molecule has 3 N–H and O–H groups in total. The molecular weight excluding hydrogens is 476 g/mol. The quantitative estimate of drug-likeness (QED) is 0.432. The Morgan fingerprint density at radius 1 is 0.969 bits per heavy atom. The molecule has 166 valence electrons. The molecule has 1 saturated carbocycles. The SMILES string of the molecule is O=C(Nc1cc2ccccc2cc1C(=O)N[C@H](C(=O)O)C1CCCCC1)c1ccc(Br)o1. The Hall–Kier alpha value is -3.13. The lowest BCUT2D eigenvalue weighted by atomic mass is 9.83. The number of halogens is 1. The lowest BCUT2D eigenvalue weighted by Gasteiger charge is -2.28. The van der Waals surface area contributed by atoms with Crippen LogP contribution in [0, 0.1) is 5.92 Å². The molecule has 2 aromatic carbocycles. The van der Waals surface area contributed by atoms with Crippen LogP contribution in [0.5, 0.6) is 0 Å². The van der Waals surface area contributed by atoms with Crippen molar-refractivity contribution >= 4 is 50.2 Å². The van der Waals surface area contributed by atoms with Crippen LogP contribution in [-0.4, -0.2) is 28.9 Å². The van der Waals surface area contributed by atoms with Gasteiger partial charge in [0.2, 0.25) is 0 Å². The molecule has 1 fully saturated rings. The number of aliphatic carboxylic acids is 1. The van der Waals surface area contributed by atoms with Crippen LogP contribution in [0.1, 0.15) is 53.0 Å². The minimum Gasteiger partial charge on any atom is -0.480 e. The maximum absolute atomic E-state index is 13.2. The second-order valence-electron chi connectivity index (χ2n) is 7.99. The first-order valence-electron chi connectivity index (χ1n) is 10.6. The van der Waals surface area contributed by atoms with Crippen molar-refractivity contribution in [2.45, 2.75) is 38.1 Å². The summed E-state index contributed by atoms with van der Waals surface area (Å²) in [6.45, 7) is 0. The number of hydrogen-bond acceptors (Lipinski definition) is 4. The number of furan rings is 1. The third kappa shape index (κ3) is 4.85. The number of carbonyl (C=O) groups is 3. The molecule has 1 atom stereocenters. The number of amides is 2. The fraction of sp³-hybridized carbons (Fsp3) is 0.292. The third-order valence-corrected chi connectivity index (χ3v) is 6.28. The summed E-state index contributed by atoms with van der Waals surface area (Å²) in [7, 11) is 0. The average Bonchev–Trinajstić information content (AvgIpc) is 3.23. The fourth-order valence-electron chi connectivity index (χ4n) is 4.22. The minimum absolute atomic E-state index is 0.0852. The topological polar surface area (TPSA) is 109 Å². The fourth-order valence-corrected chi connectivity index (χ4v) is 4.53. The summed E-state index contributed by atoms with van der Waals surface area (Å²) < 4.78 is 5.72. The van der Waals surface area contributed by atoms with Gasteiger partial charge in [0.25, 0.3) is 11.8 Å². The lowest BCUT2D eigenvalue weighted by Crippen LogP contribution is -2.46. The van der Waals surface area contributed by atoms with Gasteiger partial charge in [-0.15, -0.1) is 0 Å². The van der Waals surface area contributed by atoms with Gasteiger partial charge in [0.15, 0.2) is 10.4 Å². The molecule has 0 unspecified atom stereocenters. The zero-order chi connectivity index (χ0) is 22.7. The smallest absolute Gasteiger partial charge is 0.326 e. The van der Waals surface area contributed by atoms with Crippen LogP contribution >= 0.6 is 15.9 Å². The first-order valence-corrected chi connectivity index (χ1v) is 11.3. The molecule has 1 aliphatic rings. The van der Waals surface area contributed by atoms with Crippen LogP contribution in [0.2, 0.25) is 0 Å². The van der Waals surface area contributed by atoms with Gasteiger partial charge in [-0.2, -0.15) is 0 Å². The van der Waals surface area contributed by atoms with Crippen LogP contribution < -0.4 is 10.6 Å². The molecule has 4 rings (SSSR count). The van der Waals surface area contributed by atoms with Crippen molar-refractivity contribution in [2.75, 3.05) is 5.32 Å². The van der Waals surface area contributed by atoms with Crippen molar-refractivity contribution in [1.29, 1.82) is 0 Å². The van der Waals surface area contributed by atoms with Crippen molar-refractivity contribution in [3.05, 3.63) is 64.5 Å². The van der Waals surface area contributed by atoms with E-state index in [2.05, 4.69) is 26.6 Å². The van der Waals surface area contributed by atoms with E-state index in [0.717, 1.165) is 42.9 Å². The number of carboxylic acids is 1. The normalized spacial score (nSPS) is 15.3. The van der Waals surface area contributed by atoms with Crippen molar-refractivity contribution in [1.82, 2.24) is 5.32 Å². The Morgan fingerprint density at radius 3 is 2.28 bits per heavy atom. The van der Waals surface area contributed by atoms with Gasteiger partial charge in [0.05, 0.1) is 11.3 Å². The van der Waals surface area contributed by atoms with Gasteiger partial charge in [-0.3, -0.25) is 9.59 Å². The number of benzene rings is 2. The molecule has 8 heteroatoms. The number of rotatable bonds is 6. The second-order valence-corrected chi connectivity index (χ2v) is 8.77. The predicted octanol–water partition coefficient (Wildman–Crippen LogP) is 5.21. The summed E-state index contributed by atoms with van der Waals surface area (Å²) in [6.07, 6.45) is 4.54. The molecule has 0 aliphatic heterocycles. The Kier molecular flexibility index (Phi) is 6.60. The van der Waals surface area contributed by atoms with Crippen LogP contribution in [0.4, 0.5) is 5.69 Å². The molecule has 0 bridgehead atoms. The summed E-state index contributed by atoms with van der Waals surface area (Å²) in [5, 5.41) is 16.8. The Labute approximate surface area is 193 Å². The standard InChI is InChI=1S/C24H23BrN2O5/c25-20-11-10-19(32-20)23(29)26-18-13-16-9-5-4-8-15(16)12-17(18)22(28)27-21(24(30)31)14-6-2-1-3-7-14/h4-5,8-14,21H,1-3,6-7H2,(H,26,29)(H,27,28)(H,30,31)/t21-/m0/s1. The number of carboxylic acid groups (broad SMARTS) is 1. The summed E-state index contributed by atoms with van der Waals surface area (Å²) >= 11 is 3.17. The first-order chi connectivity index (χ1) is 15.4. The number of anilines is 1. The van der Waals surface area contributed by atoms with Crippen molar-refractivity contribution in [2.24, 2.45) is 5.92 Å². The maximum Gasteiger partial charge on any atom is 0.326 e. The van der Waals surface area contributed by atoms with E-state index in [4.69, 9.17) is 4.42 Å². The summed E-state index contributed by atoms with van der Waals surface area (Å²) in [5.74, 6) is -2.12. The molecule has 0 spiro atoms. The molecule has 1 aliphatic carbocycles. The van der Waals surface area contributed by atoms with E-state index < -0.39 is 23.8 Å². The van der Waals surface area contributed by atoms with E-state index in [1.54, 1.807) is 18.2 Å². The lowest BCUT2D eigenvalue weighted by molar-refractivity contribution is -0.141. The zero-order valence-corrected chi connectivity index (χ0v) is 18.9. The highest BCUT2D eigenvalue weighted by Gasteiger charge is 2.31. The van der Waals surface area contributed by atoms with Crippen LogP contribution in [0.15, 0.2) is 57.6 Å². The minimum atomic E-state index is -1.04. The van der Waals surface area contributed by atoms with Gasteiger partial charge in [0.1, 0.15) is 6.04 Å². The van der Waals surface area contributed by atoms with Gasteiger partial charge in [-0.1, -0.05) is 43.5 Å². The number of hydrogen-bond donors (Lipinski definition) is 3. The molecular formula is C24H23BrN2O5. The first kappa shape index (κ1) is 22.1. The van der Waals surface area contributed by atoms with E-state index in [0.29, 0.717) is 4.67 Å². The summed E-state index contributed by atoms with van der Waals surface area (Å²) in [5.41, 5.74) is 0.483. The number of nitrogens with one attached hydrogen (secondary N) is 2. The Morgan fingerprint density at radius 2 is 1.66 bits per heavy atom. The molecule has 7 nitrogen and oxygen atoms in total. The van der Waals surface area contributed by atoms with Crippen LogP contribution in [0.3, 0.4) is 0 Å². The number of fused-ring (bicyclic) bond motifs is 1. The summed E-state index contributed by atoms with van der Waals surface area (Å²) in [6, 6.07) is 13.0. The van der Waals surface area contributed by atoms with E-state index in [-0.39, 0.29) is 22.9 Å². The molecule has 1 aromatic heterocycles. The third-order valence-electron chi connectivity index (χ3n) is 5.85. The van der Waals surface area contributed by atoms with Crippen LogP contribution in [-0.2, 0) is 4.79 Å². The van der Waals surface area contributed by atoms with Gasteiger partial charge < -0.3 is 20.2 Å². The van der Waals surface area contributed by atoms with E-state index in [1.807, 2.05) is 24.3 Å². The largest absolute Gasteiger partial charge is 0.480 e. The average molecular weight is 499 g/mol. The van der Waals surface area contributed by atoms with Crippen LogP contribution in [0.25, 0.3) is 10.8 Å². The van der Waals surface area contributed by atoms with E-state index in [9.17, 15) is 19.5 Å². The van der Waals surface area contributed by atoms with Crippen molar-refractivity contribution < 1.29 is 23.9 Å². The second kappa shape index (κ2) is 9.56. The molecule has 0 saturated heterocycles. The van der Waals surface area contributed by atoms with Crippen molar-refractivity contribution in [3.8, 4) is 0 Å². The van der Waals surface area contributed by atoms with E-state index >= 15 is 0 Å².